The number of pyridine rings is 2. The van der Waals surface area contributed by atoms with Gasteiger partial charge in [-0.1, -0.05) is 12.1 Å². The smallest absolute Gasteiger partial charge is 0.123 e. The molecule has 0 unspecified atom stereocenters. The molecule has 4 rings (SSSR count). The van der Waals surface area contributed by atoms with E-state index in [4.69, 9.17) is 4.98 Å². The first kappa shape index (κ1) is 18.0. The average molecular weight is 373 g/mol. The van der Waals surface area contributed by atoms with Gasteiger partial charge in [-0.05, 0) is 41.5 Å². The predicted molar refractivity (Wildman–Crippen MR) is 107 cm³/mol. The second-order valence-electron chi connectivity index (χ2n) is 6.45. The summed E-state index contributed by atoms with van der Waals surface area (Å²) in [5.41, 5.74) is 4.92. The lowest BCUT2D eigenvalue weighted by Crippen LogP contribution is -2.19. The molecule has 0 aliphatic heterocycles. The van der Waals surface area contributed by atoms with Crippen LogP contribution in [0.3, 0.4) is 0 Å². The van der Waals surface area contributed by atoms with Crippen LogP contribution in [-0.2, 0) is 13.1 Å². The maximum absolute atomic E-state index is 13.3. The number of aromatic nitrogens is 4. The minimum atomic E-state index is -0.244. The lowest BCUT2D eigenvalue weighted by molar-refractivity contribution is 0.597. The Bertz CT molecular complexity index is 1010. The summed E-state index contributed by atoms with van der Waals surface area (Å²) in [5.74, 6) is -0.244. The van der Waals surface area contributed by atoms with E-state index >= 15 is 0 Å². The molecule has 0 aliphatic rings. The van der Waals surface area contributed by atoms with E-state index in [0.717, 1.165) is 41.0 Å². The van der Waals surface area contributed by atoms with Gasteiger partial charge in [0.05, 0.1) is 12.0 Å². The van der Waals surface area contributed by atoms with Gasteiger partial charge < -0.3 is 9.88 Å². The number of rotatable bonds is 7. The highest BCUT2D eigenvalue weighted by atomic mass is 19.1. The SMILES string of the molecule is Fc1ccc(-c2cnc(-c3ccncc3)c(CNCCn3ccnc3)c2)cc1. The average Bonchev–Trinajstić information content (AvgIpc) is 3.26. The van der Waals surface area contributed by atoms with Crippen molar-refractivity contribution in [2.24, 2.45) is 0 Å². The van der Waals surface area contributed by atoms with E-state index in [2.05, 4.69) is 21.4 Å². The molecule has 0 fully saturated rings. The molecule has 0 aliphatic carbocycles. The molecule has 4 aromatic rings. The lowest BCUT2D eigenvalue weighted by atomic mass is 10.0. The number of benzene rings is 1. The summed E-state index contributed by atoms with van der Waals surface area (Å²) in [6, 6.07) is 12.5. The highest BCUT2D eigenvalue weighted by Gasteiger charge is 2.09. The van der Waals surface area contributed by atoms with Gasteiger partial charge in [0, 0.05) is 61.7 Å². The second kappa shape index (κ2) is 8.54. The van der Waals surface area contributed by atoms with Gasteiger partial charge in [0.15, 0.2) is 0 Å². The van der Waals surface area contributed by atoms with Crippen molar-refractivity contribution >= 4 is 0 Å². The van der Waals surface area contributed by atoms with Crippen molar-refractivity contribution in [1.82, 2.24) is 24.8 Å². The topological polar surface area (TPSA) is 55.6 Å². The van der Waals surface area contributed by atoms with Crippen LogP contribution in [0.25, 0.3) is 22.4 Å². The van der Waals surface area contributed by atoms with Gasteiger partial charge in [0.2, 0.25) is 0 Å². The molecule has 0 saturated carbocycles. The van der Waals surface area contributed by atoms with Gasteiger partial charge in [0.1, 0.15) is 5.82 Å². The second-order valence-corrected chi connectivity index (χ2v) is 6.45. The number of hydrogen-bond donors (Lipinski definition) is 1. The zero-order chi connectivity index (χ0) is 19.2. The van der Waals surface area contributed by atoms with Crippen LogP contribution >= 0.6 is 0 Å². The van der Waals surface area contributed by atoms with Crippen molar-refractivity contribution in [3.05, 3.63) is 91.2 Å². The molecular formula is C22H20FN5. The van der Waals surface area contributed by atoms with Crippen LogP contribution < -0.4 is 5.32 Å². The molecule has 1 N–H and O–H groups in total. The third-order valence-electron chi connectivity index (χ3n) is 4.52. The van der Waals surface area contributed by atoms with Gasteiger partial charge in [-0.15, -0.1) is 0 Å². The summed E-state index contributed by atoms with van der Waals surface area (Å²) < 4.78 is 15.3. The van der Waals surface area contributed by atoms with Gasteiger partial charge >= 0.3 is 0 Å². The zero-order valence-corrected chi connectivity index (χ0v) is 15.3. The molecule has 0 bridgehead atoms. The minimum absolute atomic E-state index is 0.244. The summed E-state index contributed by atoms with van der Waals surface area (Å²) in [6.45, 7) is 2.33. The van der Waals surface area contributed by atoms with E-state index in [1.165, 1.54) is 12.1 Å². The number of nitrogens with one attached hydrogen (secondary N) is 1. The highest BCUT2D eigenvalue weighted by molar-refractivity contribution is 5.69. The molecule has 0 spiro atoms. The summed E-state index contributed by atoms with van der Waals surface area (Å²) >= 11 is 0. The van der Waals surface area contributed by atoms with Crippen molar-refractivity contribution in [2.45, 2.75) is 13.1 Å². The maximum Gasteiger partial charge on any atom is 0.123 e. The predicted octanol–water partition coefficient (Wildman–Crippen LogP) is 3.94. The van der Waals surface area contributed by atoms with E-state index in [-0.39, 0.29) is 5.82 Å². The van der Waals surface area contributed by atoms with E-state index in [1.807, 2.05) is 29.1 Å². The van der Waals surface area contributed by atoms with Crippen LogP contribution in [0.4, 0.5) is 4.39 Å². The molecule has 0 amide bonds. The molecule has 0 atom stereocenters. The van der Waals surface area contributed by atoms with E-state index in [9.17, 15) is 4.39 Å². The summed E-state index contributed by atoms with van der Waals surface area (Å²) in [7, 11) is 0. The van der Waals surface area contributed by atoms with Crippen molar-refractivity contribution in [3.8, 4) is 22.4 Å². The summed E-state index contributed by atoms with van der Waals surface area (Å²) in [4.78, 5) is 12.8. The van der Waals surface area contributed by atoms with Crippen LogP contribution in [0.2, 0.25) is 0 Å². The van der Waals surface area contributed by atoms with Crippen molar-refractivity contribution < 1.29 is 4.39 Å². The summed E-state index contributed by atoms with van der Waals surface area (Å²) in [5, 5.41) is 3.47. The summed E-state index contributed by atoms with van der Waals surface area (Å²) in [6.07, 6.45) is 10.9. The number of nitrogens with zero attached hydrogens (tertiary/aromatic N) is 4. The fourth-order valence-electron chi connectivity index (χ4n) is 3.07. The van der Waals surface area contributed by atoms with E-state index < -0.39 is 0 Å². The molecule has 0 saturated heterocycles. The monoisotopic (exact) mass is 373 g/mol. The van der Waals surface area contributed by atoms with Crippen LogP contribution in [0.5, 0.6) is 0 Å². The molecule has 1 aromatic carbocycles. The molecule has 0 radical (unpaired) electrons. The molecule has 140 valence electrons. The molecule has 6 heteroatoms. The first-order chi connectivity index (χ1) is 13.8. The Labute approximate surface area is 162 Å². The molecule has 3 heterocycles. The van der Waals surface area contributed by atoms with E-state index in [1.54, 1.807) is 37.1 Å². The third-order valence-corrected chi connectivity index (χ3v) is 4.52. The lowest BCUT2D eigenvalue weighted by Gasteiger charge is -2.13. The fourth-order valence-corrected chi connectivity index (χ4v) is 3.07. The largest absolute Gasteiger partial charge is 0.336 e. The maximum atomic E-state index is 13.3. The van der Waals surface area contributed by atoms with Gasteiger partial charge in [0.25, 0.3) is 0 Å². The van der Waals surface area contributed by atoms with Crippen LogP contribution in [0, 0.1) is 5.82 Å². The van der Waals surface area contributed by atoms with Crippen LogP contribution in [0.15, 0.2) is 79.8 Å². The Hall–Kier alpha value is -3.38. The van der Waals surface area contributed by atoms with Crippen molar-refractivity contribution in [2.75, 3.05) is 6.54 Å². The van der Waals surface area contributed by atoms with Crippen LogP contribution in [-0.4, -0.2) is 26.1 Å². The fraction of sp³-hybridized carbons (Fsp3) is 0.136. The van der Waals surface area contributed by atoms with Crippen molar-refractivity contribution in [1.29, 1.82) is 0 Å². The first-order valence-electron chi connectivity index (χ1n) is 9.11. The Balaban J connectivity index is 1.58. The third kappa shape index (κ3) is 4.29. The standard InChI is InChI=1S/C22H20FN5/c23-21-3-1-17(2-4-21)19-13-20(14-25-9-11-28-12-10-26-16-28)22(27-15-19)18-5-7-24-8-6-18/h1-8,10,12-13,15-16,25H,9,11,14H2. The quantitative estimate of drug-likeness (QED) is 0.499. The number of imidazole rings is 1. The van der Waals surface area contributed by atoms with E-state index in [0.29, 0.717) is 6.54 Å². The Kier molecular flexibility index (Phi) is 5.49. The van der Waals surface area contributed by atoms with Crippen molar-refractivity contribution in [3.63, 3.8) is 0 Å². The van der Waals surface area contributed by atoms with Gasteiger partial charge in [-0.2, -0.15) is 0 Å². The normalized spacial score (nSPS) is 10.9. The number of halogens is 1. The van der Waals surface area contributed by atoms with Crippen LogP contribution in [0.1, 0.15) is 5.56 Å². The first-order valence-corrected chi connectivity index (χ1v) is 9.11. The Morgan fingerprint density at radius 2 is 1.71 bits per heavy atom. The van der Waals surface area contributed by atoms with Gasteiger partial charge in [-0.3, -0.25) is 9.97 Å². The molecule has 3 aromatic heterocycles. The number of hydrogen-bond acceptors (Lipinski definition) is 4. The molecule has 5 nitrogen and oxygen atoms in total. The highest BCUT2D eigenvalue weighted by Crippen LogP contribution is 2.26. The molecular weight excluding hydrogens is 353 g/mol. The Morgan fingerprint density at radius 3 is 2.46 bits per heavy atom. The Morgan fingerprint density at radius 1 is 0.893 bits per heavy atom. The zero-order valence-electron chi connectivity index (χ0n) is 15.3. The van der Waals surface area contributed by atoms with Gasteiger partial charge in [-0.25, -0.2) is 9.37 Å². The molecule has 28 heavy (non-hydrogen) atoms. The minimum Gasteiger partial charge on any atom is -0.336 e.